The molecule has 1 unspecified atom stereocenters. The van der Waals surface area contributed by atoms with E-state index >= 15 is 0 Å². The third-order valence-corrected chi connectivity index (χ3v) is 3.09. The van der Waals surface area contributed by atoms with Gasteiger partial charge in [-0.15, -0.1) is 0 Å². The number of rotatable bonds is 5. The average molecular weight is 310 g/mol. The van der Waals surface area contributed by atoms with Crippen LogP contribution in [0.25, 0.3) is 0 Å². The number of hydrogen-bond acceptors (Lipinski definition) is 3. The van der Waals surface area contributed by atoms with Crippen LogP contribution in [0.2, 0.25) is 0 Å². The van der Waals surface area contributed by atoms with Crippen LogP contribution in [0, 0.1) is 11.3 Å². The quantitative estimate of drug-likeness (QED) is 0.877. The lowest BCUT2D eigenvalue weighted by Gasteiger charge is -2.08. The molecule has 0 spiro atoms. The number of carbonyl (C=O) groups is 1. The molecule has 3 N–H and O–H groups in total. The van der Waals surface area contributed by atoms with E-state index in [-0.39, 0.29) is 11.9 Å². The molecule has 0 aliphatic heterocycles. The number of carbonyl (C=O) groups excluding carboxylic acids is 1. The summed E-state index contributed by atoms with van der Waals surface area (Å²) in [5.74, 6) is -0.0407. The number of nitrogens with two attached hydrogens (primary N) is 1. The van der Waals surface area contributed by atoms with E-state index in [0.29, 0.717) is 22.1 Å². The van der Waals surface area contributed by atoms with Crippen molar-refractivity contribution in [3.63, 3.8) is 0 Å². The van der Waals surface area contributed by atoms with Crippen molar-refractivity contribution < 1.29 is 4.79 Å². The minimum atomic E-state index is -0.0407. The molecule has 96 valence electrons. The molecule has 0 heterocycles. The van der Waals surface area contributed by atoms with Gasteiger partial charge >= 0.3 is 0 Å². The summed E-state index contributed by atoms with van der Waals surface area (Å²) >= 11 is 3.32. The predicted molar refractivity (Wildman–Crippen MR) is 75.0 cm³/mol. The molecule has 5 heteroatoms. The fourth-order valence-electron chi connectivity index (χ4n) is 1.48. The van der Waals surface area contributed by atoms with Crippen LogP contribution >= 0.6 is 15.9 Å². The van der Waals surface area contributed by atoms with E-state index in [1.807, 2.05) is 13.0 Å². The topological polar surface area (TPSA) is 78.9 Å². The van der Waals surface area contributed by atoms with E-state index in [1.165, 1.54) is 0 Å². The molecule has 1 aromatic rings. The molecule has 1 rings (SSSR count). The molecular formula is C13H16BrN3O. The number of halogens is 1. The Kier molecular flexibility index (Phi) is 5.83. The summed E-state index contributed by atoms with van der Waals surface area (Å²) in [7, 11) is 0. The second-order valence-corrected chi connectivity index (χ2v) is 5.08. The molecule has 4 nitrogen and oxygen atoms in total. The van der Waals surface area contributed by atoms with Crippen molar-refractivity contribution in [2.24, 2.45) is 5.73 Å². The molecule has 0 saturated carbocycles. The summed E-state index contributed by atoms with van der Waals surface area (Å²) in [6.07, 6.45) is 2.06. The first-order valence-corrected chi connectivity index (χ1v) is 6.57. The van der Waals surface area contributed by atoms with Crippen molar-refractivity contribution >= 4 is 27.5 Å². The molecule has 1 amide bonds. The van der Waals surface area contributed by atoms with Gasteiger partial charge in [0.05, 0.1) is 17.3 Å². The first kappa shape index (κ1) is 14.7. The number of nitrogens with zero attached hydrogens (tertiary/aromatic N) is 1. The van der Waals surface area contributed by atoms with E-state index in [0.717, 1.165) is 12.8 Å². The average Bonchev–Trinajstić information content (AvgIpc) is 2.31. The lowest BCUT2D eigenvalue weighted by atomic mass is 10.1. The number of nitriles is 1. The Morgan fingerprint density at radius 3 is 2.89 bits per heavy atom. The highest BCUT2D eigenvalue weighted by Gasteiger charge is 2.06. The van der Waals surface area contributed by atoms with Crippen LogP contribution in [0.1, 0.15) is 31.7 Å². The number of benzene rings is 1. The summed E-state index contributed by atoms with van der Waals surface area (Å²) in [6, 6.07) is 7.22. The molecule has 0 fully saturated rings. The predicted octanol–water partition coefficient (Wildman–Crippen LogP) is 2.78. The van der Waals surface area contributed by atoms with Gasteiger partial charge in [0.25, 0.3) is 0 Å². The minimum absolute atomic E-state index is 0.0407. The van der Waals surface area contributed by atoms with Gasteiger partial charge in [0.15, 0.2) is 0 Å². The number of nitrogens with one attached hydrogen (secondary N) is 1. The van der Waals surface area contributed by atoms with Crippen molar-refractivity contribution in [3.05, 3.63) is 28.2 Å². The largest absolute Gasteiger partial charge is 0.328 e. The van der Waals surface area contributed by atoms with Gasteiger partial charge in [0.2, 0.25) is 5.91 Å². The van der Waals surface area contributed by atoms with E-state index < -0.39 is 0 Å². The Balaban J connectivity index is 2.52. The minimum Gasteiger partial charge on any atom is -0.328 e. The van der Waals surface area contributed by atoms with Crippen LogP contribution in [-0.4, -0.2) is 11.9 Å². The van der Waals surface area contributed by atoms with Gasteiger partial charge in [-0.3, -0.25) is 4.79 Å². The summed E-state index contributed by atoms with van der Waals surface area (Å²) in [4.78, 5) is 11.7. The molecule has 1 aromatic carbocycles. The molecule has 18 heavy (non-hydrogen) atoms. The zero-order valence-corrected chi connectivity index (χ0v) is 11.8. The third kappa shape index (κ3) is 4.86. The highest BCUT2D eigenvalue weighted by atomic mass is 79.9. The Bertz CT molecular complexity index is 466. The van der Waals surface area contributed by atoms with Crippen LogP contribution in [0.4, 0.5) is 5.69 Å². The van der Waals surface area contributed by atoms with Crippen molar-refractivity contribution in [1.29, 1.82) is 5.26 Å². The smallest absolute Gasteiger partial charge is 0.224 e. The Morgan fingerprint density at radius 2 is 2.33 bits per heavy atom. The Morgan fingerprint density at radius 1 is 1.61 bits per heavy atom. The maximum absolute atomic E-state index is 11.7. The van der Waals surface area contributed by atoms with Crippen molar-refractivity contribution in [3.8, 4) is 6.07 Å². The van der Waals surface area contributed by atoms with Gasteiger partial charge in [0.1, 0.15) is 0 Å². The monoisotopic (exact) mass is 309 g/mol. The lowest BCUT2D eigenvalue weighted by Crippen LogP contribution is -2.17. The SMILES string of the molecule is CC(N)CCCC(=O)Nc1ccc(C#N)cc1Br. The third-order valence-electron chi connectivity index (χ3n) is 2.44. The molecular weight excluding hydrogens is 294 g/mol. The van der Waals surface area contributed by atoms with E-state index in [1.54, 1.807) is 18.2 Å². The fraction of sp³-hybridized carbons (Fsp3) is 0.385. The second-order valence-electron chi connectivity index (χ2n) is 4.22. The van der Waals surface area contributed by atoms with E-state index in [9.17, 15) is 4.79 Å². The first-order valence-electron chi connectivity index (χ1n) is 5.78. The summed E-state index contributed by atoms with van der Waals surface area (Å²) in [6.45, 7) is 1.93. The van der Waals surface area contributed by atoms with Gasteiger partial charge in [-0.05, 0) is 53.9 Å². The summed E-state index contributed by atoms with van der Waals surface area (Å²) < 4.78 is 0.710. The van der Waals surface area contributed by atoms with Crippen LogP contribution in [-0.2, 0) is 4.79 Å². The maximum Gasteiger partial charge on any atom is 0.224 e. The van der Waals surface area contributed by atoms with Crippen LogP contribution in [0.3, 0.4) is 0 Å². The standard InChI is InChI=1S/C13H16BrN3O/c1-9(16)3-2-4-13(18)17-12-6-5-10(8-15)7-11(12)14/h5-7,9H,2-4,16H2,1H3,(H,17,18). The van der Waals surface area contributed by atoms with Crippen molar-refractivity contribution in [1.82, 2.24) is 0 Å². The molecule has 0 bridgehead atoms. The zero-order valence-electron chi connectivity index (χ0n) is 10.2. The Labute approximate surface area is 115 Å². The number of amides is 1. The molecule has 0 aromatic heterocycles. The number of anilines is 1. The molecule has 0 aliphatic rings. The molecule has 0 radical (unpaired) electrons. The van der Waals surface area contributed by atoms with Gasteiger partial charge in [-0.25, -0.2) is 0 Å². The normalized spacial score (nSPS) is 11.7. The van der Waals surface area contributed by atoms with Crippen LogP contribution in [0.5, 0.6) is 0 Å². The van der Waals surface area contributed by atoms with Gasteiger partial charge in [-0.1, -0.05) is 0 Å². The summed E-state index contributed by atoms with van der Waals surface area (Å²) in [5.41, 5.74) is 6.85. The van der Waals surface area contributed by atoms with Crippen molar-refractivity contribution in [2.75, 3.05) is 5.32 Å². The molecule has 0 aliphatic carbocycles. The Hall–Kier alpha value is -1.38. The van der Waals surface area contributed by atoms with Gasteiger partial charge in [-0.2, -0.15) is 5.26 Å². The van der Waals surface area contributed by atoms with Crippen LogP contribution < -0.4 is 11.1 Å². The van der Waals surface area contributed by atoms with E-state index in [4.69, 9.17) is 11.0 Å². The fourth-order valence-corrected chi connectivity index (χ4v) is 1.96. The summed E-state index contributed by atoms with van der Waals surface area (Å²) in [5, 5.41) is 11.5. The first-order chi connectivity index (χ1) is 8.52. The van der Waals surface area contributed by atoms with E-state index in [2.05, 4.69) is 21.2 Å². The van der Waals surface area contributed by atoms with Gasteiger partial charge in [0, 0.05) is 16.9 Å². The lowest BCUT2D eigenvalue weighted by molar-refractivity contribution is -0.116. The zero-order chi connectivity index (χ0) is 13.5. The highest BCUT2D eigenvalue weighted by molar-refractivity contribution is 9.10. The van der Waals surface area contributed by atoms with Gasteiger partial charge < -0.3 is 11.1 Å². The second kappa shape index (κ2) is 7.14. The number of hydrogen-bond donors (Lipinski definition) is 2. The highest BCUT2D eigenvalue weighted by Crippen LogP contribution is 2.23. The molecule has 0 saturated heterocycles. The molecule has 1 atom stereocenters. The van der Waals surface area contributed by atoms with Crippen LogP contribution in [0.15, 0.2) is 22.7 Å². The van der Waals surface area contributed by atoms with Crippen molar-refractivity contribution in [2.45, 2.75) is 32.2 Å². The maximum atomic E-state index is 11.7.